The second-order valence-corrected chi connectivity index (χ2v) is 5.06. The molecule has 0 heterocycles. The monoisotopic (exact) mass is 273 g/mol. The Morgan fingerprint density at radius 2 is 1.53 bits per heavy atom. The van der Waals surface area contributed by atoms with E-state index in [0.29, 0.717) is 0 Å². The zero-order valence-corrected chi connectivity index (χ0v) is 11.7. The average molecular weight is 273 g/mol. The molecule has 0 saturated carbocycles. The number of amides is 1. The summed E-state index contributed by atoms with van der Waals surface area (Å²) in [5, 5.41) is 11.0. The van der Waals surface area contributed by atoms with Crippen molar-refractivity contribution in [2.45, 2.75) is 45.8 Å². The van der Waals surface area contributed by atoms with Crippen LogP contribution in [0.3, 0.4) is 0 Å². The van der Waals surface area contributed by atoms with Crippen LogP contribution in [0.2, 0.25) is 0 Å². The highest BCUT2D eigenvalue weighted by atomic mass is 16.4. The summed E-state index contributed by atoms with van der Waals surface area (Å²) in [7, 11) is 0. The van der Waals surface area contributed by atoms with Gasteiger partial charge in [0.05, 0.1) is 12.1 Å². The molecule has 0 saturated heterocycles. The summed E-state index contributed by atoms with van der Waals surface area (Å²) in [6.07, 6.45) is 0. The minimum atomic E-state index is -1.17. The molecule has 0 aromatic rings. The van der Waals surface area contributed by atoms with E-state index in [2.05, 4.69) is 5.32 Å². The molecule has 0 aliphatic rings. The molecule has 0 aromatic heterocycles. The fourth-order valence-corrected chi connectivity index (χ4v) is 1.76. The quantitative estimate of drug-likeness (QED) is 0.474. The Balaban J connectivity index is 4.91. The highest BCUT2D eigenvalue weighted by Crippen LogP contribution is 2.17. The van der Waals surface area contributed by atoms with Gasteiger partial charge in [-0.15, -0.1) is 0 Å². The lowest BCUT2D eigenvalue weighted by molar-refractivity contribution is -0.142. The maximum atomic E-state index is 11.9. The van der Waals surface area contributed by atoms with Crippen molar-refractivity contribution >= 4 is 17.7 Å². The summed E-state index contributed by atoms with van der Waals surface area (Å²) in [6.45, 7) is 6.38. The first-order valence-corrected chi connectivity index (χ1v) is 6.17. The molecule has 1 amide bonds. The average Bonchev–Trinajstić information content (AvgIpc) is 2.27. The number of aliphatic carboxylic acids is 1. The van der Waals surface area contributed by atoms with Crippen LogP contribution in [0.4, 0.5) is 0 Å². The van der Waals surface area contributed by atoms with Gasteiger partial charge in [-0.05, 0) is 19.8 Å². The number of nitrogens with two attached hydrogens (primary N) is 2. The molecule has 4 atom stereocenters. The summed E-state index contributed by atoms with van der Waals surface area (Å²) < 4.78 is 0. The summed E-state index contributed by atoms with van der Waals surface area (Å²) in [5.41, 5.74) is 11.3. The fraction of sp³-hybridized carbons (Fsp3) is 0.750. The lowest BCUT2D eigenvalue weighted by Gasteiger charge is -2.27. The molecule has 0 radical (unpaired) electrons. The van der Waals surface area contributed by atoms with Crippen molar-refractivity contribution in [1.29, 1.82) is 0 Å². The molecule has 0 aromatic carbocycles. The molecule has 0 rings (SSSR count). The molecule has 7 nitrogen and oxygen atoms in total. The van der Waals surface area contributed by atoms with Crippen molar-refractivity contribution in [1.82, 2.24) is 5.32 Å². The maximum Gasteiger partial charge on any atom is 0.325 e. The lowest BCUT2D eigenvalue weighted by Crippen LogP contribution is -2.55. The predicted octanol–water partition coefficient (Wildman–Crippen LogP) is -0.908. The number of hydrogen-bond donors (Lipinski definition) is 4. The van der Waals surface area contributed by atoms with Crippen LogP contribution in [-0.2, 0) is 14.4 Å². The van der Waals surface area contributed by atoms with Gasteiger partial charge in [-0.1, -0.05) is 13.8 Å². The van der Waals surface area contributed by atoms with E-state index in [4.69, 9.17) is 16.6 Å². The third-order valence-corrected chi connectivity index (χ3v) is 2.91. The third kappa shape index (κ3) is 4.96. The van der Waals surface area contributed by atoms with Crippen molar-refractivity contribution in [2.24, 2.45) is 23.3 Å². The van der Waals surface area contributed by atoms with Gasteiger partial charge in [0.1, 0.15) is 6.04 Å². The Bertz CT molecular complexity index is 355. The molecular weight excluding hydrogens is 250 g/mol. The fourth-order valence-electron chi connectivity index (χ4n) is 1.76. The molecule has 0 bridgehead atoms. The van der Waals surface area contributed by atoms with Gasteiger partial charge in [0, 0.05) is 5.92 Å². The molecular formula is C12H23N3O4. The van der Waals surface area contributed by atoms with E-state index in [1.165, 1.54) is 13.8 Å². The molecule has 6 N–H and O–H groups in total. The van der Waals surface area contributed by atoms with Crippen LogP contribution >= 0.6 is 0 Å². The minimum absolute atomic E-state index is 0.167. The number of rotatable bonds is 7. The summed E-state index contributed by atoms with van der Waals surface area (Å²) in [4.78, 5) is 34.4. The maximum absolute atomic E-state index is 11.9. The Kier molecular flexibility index (Phi) is 6.64. The van der Waals surface area contributed by atoms with Crippen LogP contribution in [0.15, 0.2) is 0 Å². The Morgan fingerprint density at radius 1 is 1.05 bits per heavy atom. The zero-order valence-electron chi connectivity index (χ0n) is 11.7. The molecule has 110 valence electrons. The highest BCUT2D eigenvalue weighted by molar-refractivity contribution is 5.94. The van der Waals surface area contributed by atoms with Gasteiger partial charge < -0.3 is 21.9 Å². The molecule has 19 heavy (non-hydrogen) atoms. The molecule has 0 spiro atoms. The van der Waals surface area contributed by atoms with Crippen LogP contribution in [-0.4, -0.2) is 40.9 Å². The van der Waals surface area contributed by atoms with Gasteiger partial charge in [0.2, 0.25) is 5.91 Å². The lowest BCUT2D eigenvalue weighted by atomic mass is 9.82. The van der Waals surface area contributed by atoms with E-state index in [-0.39, 0.29) is 11.7 Å². The highest BCUT2D eigenvalue weighted by Gasteiger charge is 2.35. The van der Waals surface area contributed by atoms with Gasteiger partial charge >= 0.3 is 5.97 Å². The SMILES string of the molecule is CC(C)C(C(=O)[C@H](C)N)[C@H](N)C(=O)N[C@@H](C)C(=O)O. The second kappa shape index (κ2) is 7.20. The molecule has 0 aliphatic carbocycles. The molecule has 1 unspecified atom stereocenters. The first kappa shape index (κ1) is 17.5. The Hall–Kier alpha value is -1.47. The smallest absolute Gasteiger partial charge is 0.325 e. The Labute approximate surface area is 112 Å². The number of carboxylic acid groups (broad SMARTS) is 1. The predicted molar refractivity (Wildman–Crippen MR) is 70.2 cm³/mol. The van der Waals surface area contributed by atoms with Gasteiger partial charge in [-0.2, -0.15) is 0 Å². The molecule has 0 aliphatic heterocycles. The Morgan fingerprint density at radius 3 is 1.84 bits per heavy atom. The van der Waals surface area contributed by atoms with E-state index in [1.54, 1.807) is 13.8 Å². The van der Waals surface area contributed by atoms with Gasteiger partial charge in [0.15, 0.2) is 5.78 Å². The normalized spacial score (nSPS) is 17.4. The summed E-state index contributed by atoms with van der Waals surface area (Å²) in [6, 6.07) is -2.89. The van der Waals surface area contributed by atoms with Crippen LogP contribution in [0.5, 0.6) is 0 Å². The van der Waals surface area contributed by atoms with Crippen LogP contribution < -0.4 is 16.8 Å². The van der Waals surface area contributed by atoms with E-state index < -0.39 is 35.9 Å². The molecule has 0 fully saturated rings. The van der Waals surface area contributed by atoms with Crippen LogP contribution in [0, 0.1) is 11.8 Å². The standard InChI is InChI=1S/C12H23N3O4/c1-5(2)8(10(16)6(3)13)9(14)11(17)15-7(4)12(18)19/h5-9H,13-14H2,1-4H3,(H,15,17)(H,18,19)/t6-,7-,8?,9-/m0/s1. The third-order valence-electron chi connectivity index (χ3n) is 2.91. The van der Waals surface area contributed by atoms with Crippen LogP contribution in [0.1, 0.15) is 27.7 Å². The molecule has 7 heteroatoms. The largest absolute Gasteiger partial charge is 0.480 e. The minimum Gasteiger partial charge on any atom is -0.480 e. The van der Waals surface area contributed by atoms with Crippen molar-refractivity contribution in [2.75, 3.05) is 0 Å². The topological polar surface area (TPSA) is 136 Å². The van der Waals surface area contributed by atoms with E-state index in [1.807, 2.05) is 0 Å². The van der Waals surface area contributed by atoms with Crippen molar-refractivity contribution in [3.8, 4) is 0 Å². The van der Waals surface area contributed by atoms with Gasteiger partial charge in [0.25, 0.3) is 0 Å². The number of carboxylic acids is 1. The first-order chi connectivity index (χ1) is 8.59. The van der Waals surface area contributed by atoms with E-state index >= 15 is 0 Å². The van der Waals surface area contributed by atoms with Crippen LogP contribution in [0.25, 0.3) is 0 Å². The number of nitrogens with one attached hydrogen (secondary N) is 1. The van der Waals surface area contributed by atoms with Gasteiger partial charge in [-0.3, -0.25) is 14.4 Å². The number of hydrogen-bond acceptors (Lipinski definition) is 5. The van der Waals surface area contributed by atoms with E-state index in [0.717, 1.165) is 0 Å². The van der Waals surface area contributed by atoms with Crippen molar-refractivity contribution in [3.63, 3.8) is 0 Å². The zero-order chi connectivity index (χ0) is 15.3. The van der Waals surface area contributed by atoms with Crippen molar-refractivity contribution in [3.05, 3.63) is 0 Å². The van der Waals surface area contributed by atoms with Gasteiger partial charge in [-0.25, -0.2) is 0 Å². The number of Topliss-reactive ketones (excluding diaryl/α,β-unsaturated/α-hetero) is 1. The summed E-state index contributed by atoms with van der Waals surface area (Å²) in [5.74, 6) is -3.04. The number of carbonyl (C=O) groups excluding carboxylic acids is 2. The first-order valence-electron chi connectivity index (χ1n) is 6.17. The number of carbonyl (C=O) groups is 3. The second-order valence-electron chi connectivity index (χ2n) is 5.06. The van der Waals surface area contributed by atoms with E-state index in [9.17, 15) is 14.4 Å². The summed E-state index contributed by atoms with van der Waals surface area (Å²) >= 11 is 0. The van der Waals surface area contributed by atoms with Crippen molar-refractivity contribution < 1.29 is 19.5 Å². The number of ketones is 1.